The topological polar surface area (TPSA) is 61.5 Å². The maximum absolute atomic E-state index is 11.0. The van der Waals surface area contributed by atoms with Gasteiger partial charge in [-0.3, -0.25) is 4.79 Å². The summed E-state index contributed by atoms with van der Waals surface area (Å²) in [5.74, 6) is 0.773. The van der Waals surface area contributed by atoms with Crippen LogP contribution in [-0.2, 0) is 0 Å². The van der Waals surface area contributed by atoms with E-state index in [2.05, 4.69) is 34.0 Å². The molecular weight excluding hydrogens is 226 g/mol. The van der Waals surface area contributed by atoms with Crippen molar-refractivity contribution in [2.75, 3.05) is 0 Å². The number of aryl methyl sites for hydroxylation is 2. The summed E-state index contributed by atoms with van der Waals surface area (Å²) < 4.78 is 0. The molecular formula is C14H13N3O. The Balaban J connectivity index is 2.22. The van der Waals surface area contributed by atoms with Crippen LogP contribution < -0.4 is 5.56 Å². The molecule has 0 saturated carbocycles. The molecule has 0 radical (unpaired) electrons. The molecule has 1 aromatic carbocycles. The molecule has 0 saturated heterocycles. The zero-order valence-electron chi connectivity index (χ0n) is 10.2. The maximum atomic E-state index is 11.0. The molecule has 4 heteroatoms. The number of aromatic amines is 2. The van der Waals surface area contributed by atoms with Gasteiger partial charge in [0.25, 0.3) is 0 Å². The zero-order valence-corrected chi connectivity index (χ0v) is 10.2. The van der Waals surface area contributed by atoms with Crippen LogP contribution in [0.2, 0.25) is 0 Å². The molecule has 0 atom stereocenters. The lowest BCUT2D eigenvalue weighted by atomic mass is 10.1. The average Bonchev–Trinajstić information content (AvgIpc) is 2.74. The average molecular weight is 239 g/mol. The van der Waals surface area contributed by atoms with Crippen molar-refractivity contribution in [1.29, 1.82) is 0 Å². The smallest absolute Gasteiger partial charge is 0.247 e. The number of nitrogens with one attached hydrogen (secondary N) is 2. The summed E-state index contributed by atoms with van der Waals surface area (Å²) in [6.45, 7) is 4.11. The Labute approximate surface area is 104 Å². The van der Waals surface area contributed by atoms with Crippen molar-refractivity contribution in [2.24, 2.45) is 0 Å². The molecule has 0 amide bonds. The molecule has 4 nitrogen and oxygen atoms in total. The third kappa shape index (κ3) is 1.72. The summed E-state index contributed by atoms with van der Waals surface area (Å²) in [5, 5.41) is 0. The number of fused-ring (bicyclic) bond motifs is 1. The number of rotatable bonds is 1. The van der Waals surface area contributed by atoms with Crippen LogP contribution in [-0.4, -0.2) is 15.0 Å². The first-order valence-electron chi connectivity index (χ1n) is 5.79. The fraction of sp³-hybridized carbons (Fsp3) is 0.143. The molecule has 2 heterocycles. The Bertz CT molecular complexity index is 763. The van der Waals surface area contributed by atoms with E-state index in [1.54, 1.807) is 12.3 Å². The molecule has 3 rings (SSSR count). The van der Waals surface area contributed by atoms with Gasteiger partial charge in [0.1, 0.15) is 5.82 Å². The highest BCUT2D eigenvalue weighted by molar-refractivity contribution is 5.82. The fourth-order valence-electron chi connectivity index (χ4n) is 2.17. The van der Waals surface area contributed by atoms with E-state index in [-0.39, 0.29) is 5.56 Å². The highest BCUT2D eigenvalue weighted by Crippen LogP contribution is 2.22. The van der Waals surface area contributed by atoms with E-state index in [0.717, 1.165) is 28.0 Å². The van der Waals surface area contributed by atoms with E-state index >= 15 is 0 Å². The van der Waals surface area contributed by atoms with E-state index in [9.17, 15) is 4.79 Å². The number of H-pyrrole nitrogens is 2. The van der Waals surface area contributed by atoms with Crippen LogP contribution >= 0.6 is 0 Å². The van der Waals surface area contributed by atoms with Crippen molar-refractivity contribution in [3.8, 4) is 11.4 Å². The predicted molar refractivity (Wildman–Crippen MR) is 71.6 cm³/mol. The minimum Gasteiger partial charge on any atom is -0.338 e. The number of imidazole rings is 1. The third-order valence-electron chi connectivity index (χ3n) is 2.98. The van der Waals surface area contributed by atoms with Crippen LogP contribution in [0.25, 0.3) is 22.4 Å². The van der Waals surface area contributed by atoms with Gasteiger partial charge >= 0.3 is 0 Å². The van der Waals surface area contributed by atoms with E-state index in [1.807, 2.05) is 6.92 Å². The van der Waals surface area contributed by atoms with Gasteiger partial charge in [0.05, 0.1) is 11.0 Å². The molecule has 0 unspecified atom stereocenters. The first kappa shape index (κ1) is 10.8. The number of benzene rings is 1. The van der Waals surface area contributed by atoms with Gasteiger partial charge in [-0.1, -0.05) is 6.07 Å². The van der Waals surface area contributed by atoms with Crippen LogP contribution in [0.15, 0.2) is 35.3 Å². The summed E-state index contributed by atoms with van der Waals surface area (Å²) in [5.41, 5.74) is 5.12. The molecule has 90 valence electrons. The van der Waals surface area contributed by atoms with Crippen LogP contribution in [0.3, 0.4) is 0 Å². The van der Waals surface area contributed by atoms with Crippen LogP contribution in [0.4, 0.5) is 0 Å². The maximum Gasteiger partial charge on any atom is 0.247 e. The van der Waals surface area contributed by atoms with Gasteiger partial charge < -0.3 is 9.97 Å². The highest BCUT2D eigenvalue weighted by atomic mass is 16.1. The Hall–Kier alpha value is -2.36. The Morgan fingerprint density at radius 3 is 2.72 bits per heavy atom. The summed E-state index contributed by atoms with van der Waals surface area (Å²) in [6, 6.07) is 7.45. The molecule has 18 heavy (non-hydrogen) atoms. The van der Waals surface area contributed by atoms with Crippen molar-refractivity contribution in [3.63, 3.8) is 0 Å². The van der Waals surface area contributed by atoms with Gasteiger partial charge in [-0.05, 0) is 37.1 Å². The van der Waals surface area contributed by atoms with Crippen LogP contribution in [0.5, 0.6) is 0 Å². The largest absolute Gasteiger partial charge is 0.338 e. The van der Waals surface area contributed by atoms with Gasteiger partial charge in [0.15, 0.2) is 0 Å². The van der Waals surface area contributed by atoms with Crippen molar-refractivity contribution < 1.29 is 0 Å². The summed E-state index contributed by atoms with van der Waals surface area (Å²) in [6.07, 6.45) is 1.67. The quantitative estimate of drug-likeness (QED) is 0.685. The van der Waals surface area contributed by atoms with Gasteiger partial charge in [0.2, 0.25) is 5.56 Å². The first-order valence-corrected chi connectivity index (χ1v) is 5.79. The Morgan fingerprint density at radius 1 is 1.17 bits per heavy atom. The third-order valence-corrected chi connectivity index (χ3v) is 2.98. The van der Waals surface area contributed by atoms with Gasteiger partial charge in [-0.2, -0.15) is 0 Å². The number of nitrogens with zero attached hydrogens (tertiary/aromatic N) is 1. The second kappa shape index (κ2) is 3.84. The molecule has 0 aliphatic heterocycles. The van der Waals surface area contributed by atoms with E-state index in [4.69, 9.17) is 0 Å². The number of pyridine rings is 1. The normalized spacial score (nSPS) is 11.0. The molecule has 0 aliphatic carbocycles. The van der Waals surface area contributed by atoms with Gasteiger partial charge in [-0.15, -0.1) is 0 Å². The van der Waals surface area contributed by atoms with E-state index < -0.39 is 0 Å². The van der Waals surface area contributed by atoms with Crippen molar-refractivity contribution >= 4 is 11.0 Å². The highest BCUT2D eigenvalue weighted by Gasteiger charge is 2.07. The van der Waals surface area contributed by atoms with E-state index in [0.29, 0.717) is 0 Å². The van der Waals surface area contributed by atoms with Crippen LogP contribution in [0.1, 0.15) is 11.1 Å². The summed E-state index contributed by atoms with van der Waals surface area (Å²) in [7, 11) is 0. The van der Waals surface area contributed by atoms with Crippen LogP contribution in [0, 0.1) is 13.8 Å². The number of hydrogen-bond donors (Lipinski definition) is 2. The second-order valence-corrected chi connectivity index (χ2v) is 4.50. The molecule has 2 aromatic heterocycles. The fourth-order valence-corrected chi connectivity index (χ4v) is 2.17. The molecule has 0 spiro atoms. The standard InChI is InChI=1S/C14H13N3O/c1-8-5-9(2)13-11(6-8)16-14(17-13)10-3-4-12(18)15-7-10/h3-7H,1-2H3,(H,15,18)(H,16,17). The molecule has 0 bridgehead atoms. The second-order valence-electron chi connectivity index (χ2n) is 4.50. The lowest BCUT2D eigenvalue weighted by Crippen LogP contribution is -2.01. The zero-order chi connectivity index (χ0) is 12.7. The summed E-state index contributed by atoms with van der Waals surface area (Å²) in [4.78, 5) is 21.5. The molecule has 0 fully saturated rings. The van der Waals surface area contributed by atoms with Crippen molar-refractivity contribution in [3.05, 3.63) is 51.9 Å². The molecule has 3 aromatic rings. The lowest BCUT2D eigenvalue weighted by Gasteiger charge is -1.96. The number of aromatic nitrogens is 3. The Morgan fingerprint density at radius 2 is 2.00 bits per heavy atom. The first-order chi connectivity index (χ1) is 8.63. The summed E-state index contributed by atoms with van der Waals surface area (Å²) >= 11 is 0. The van der Waals surface area contributed by atoms with Gasteiger partial charge in [-0.25, -0.2) is 4.98 Å². The molecule has 0 aliphatic rings. The monoisotopic (exact) mass is 239 g/mol. The SMILES string of the molecule is Cc1cc(C)c2nc(-c3ccc(=O)[nH]c3)[nH]c2c1. The van der Waals surface area contributed by atoms with Crippen molar-refractivity contribution in [2.45, 2.75) is 13.8 Å². The lowest BCUT2D eigenvalue weighted by molar-refractivity contribution is 1.22. The predicted octanol–water partition coefficient (Wildman–Crippen LogP) is 2.54. The Kier molecular flexibility index (Phi) is 2.30. The van der Waals surface area contributed by atoms with Gasteiger partial charge in [0, 0.05) is 17.8 Å². The minimum atomic E-state index is -0.109. The number of hydrogen-bond acceptors (Lipinski definition) is 2. The van der Waals surface area contributed by atoms with Crippen molar-refractivity contribution in [1.82, 2.24) is 15.0 Å². The minimum absolute atomic E-state index is 0.109. The molecule has 2 N–H and O–H groups in total. The van der Waals surface area contributed by atoms with E-state index in [1.165, 1.54) is 11.6 Å².